The zero-order valence-corrected chi connectivity index (χ0v) is 17.2. The van der Waals surface area contributed by atoms with Crippen LogP contribution in [0.4, 0.5) is 0 Å². The summed E-state index contributed by atoms with van der Waals surface area (Å²) in [6.07, 6.45) is 4.73. The number of likely N-dealkylation sites (tertiary alicyclic amines) is 1. The molecule has 1 aliphatic carbocycles. The molecule has 0 aromatic carbocycles. The molecular weight excluding hydrogens is 338 g/mol. The summed E-state index contributed by atoms with van der Waals surface area (Å²) in [6.45, 7) is 9.19. The monoisotopic (exact) mass is 373 g/mol. The van der Waals surface area contributed by atoms with Crippen molar-refractivity contribution in [2.45, 2.75) is 65.0 Å². The number of hydrogen-bond donors (Lipinski definition) is 2. The van der Waals surface area contributed by atoms with E-state index in [2.05, 4.69) is 30.4 Å². The van der Waals surface area contributed by atoms with E-state index in [1.54, 1.807) is 5.57 Å². The number of hydrogen-bond acceptors (Lipinski definition) is 4. The summed E-state index contributed by atoms with van der Waals surface area (Å²) < 4.78 is 27.6. The number of rotatable bonds is 6. The van der Waals surface area contributed by atoms with Crippen molar-refractivity contribution in [2.24, 2.45) is 5.41 Å². The summed E-state index contributed by atoms with van der Waals surface area (Å²) >= 11 is 0. The van der Waals surface area contributed by atoms with Crippen LogP contribution in [0.25, 0.3) is 0 Å². The highest BCUT2D eigenvalue weighted by Crippen LogP contribution is 2.41. The Bertz CT molecular complexity index is 599. The number of aliphatic hydroxyl groups is 1. The van der Waals surface area contributed by atoms with Crippen LogP contribution in [0.5, 0.6) is 0 Å². The van der Waals surface area contributed by atoms with Crippen LogP contribution in [0, 0.1) is 5.41 Å². The van der Waals surface area contributed by atoms with Crippen LogP contribution in [0.2, 0.25) is 0 Å². The number of aliphatic hydroxyl groups excluding tert-OH is 1. The standard InChI is InChI=1S/C18H35N3O3S/c1-14-7-6-10-18(2,3)15(14)8-11-21-12-9-16(17(22)13-21)19-25(23,24)20(4)5/h16-17,19,22H,6-13H2,1-5H3. The van der Waals surface area contributed by atoms with Gasteiger partial charge in [0.1, 0.15) is 0 Å². The maximum atomic E-state index is 11.9. The molecule has 1 fully saturated rings. The van der Waals surface area contributed by atoms with Gasteiger partial charge in [-0.1, -0.05) is 25.0 Å². The van der Waals surface area contributed by atoms with Gasteiger partial charge in [0.15, 0.2) is 0 Å². The number of piperidine rings is 1. The molecule has 0 aromatic heterocycles. The Kier molecular flexibility index (Phi) is 6.71. The van der Waals surface area contributed by atoms with Crippen LogP contribution in [0.3, 0.4) is 0 Å². The first-order valence-corrected chi connectivity index (χ1v) is 10.8. The first-order chi connectivity index (χ1) is 11.5. The molecule has 2 unspecified atom stereocenters. The minimum absolute atomic E-state index is 0.278. The van der Waals surface area contributed by atoms with E-state index in [0.29, 0.717) is 13.0 Å². The van der Waals surface area contributed by atoms with E-state index in [-0.39, 0.29) is 5.41 Å². The zero-order chi connectivity index (χ0) is 18.8. The fraction of sp³-hybridized carbons (Fsp3) is 0.889. The third-order valence-corrected chi connectivity index (χ3v) is 7.37. The molecule has 0 amide bonds. The minimum Gasteiger partial charge on any atom is -0.390 e. The Morgan fingerprint density at radius 2 is 2.04 bits per heavy atom. The number of nitrogens with zero attached hydrogens (tertiary/aromatic N) is 2. The van der Waals surface area contributed by atoms with Crippen molar-refractivity contribution in [3.05, 3.63) is 11.1 Å². The highest BCUT2D eigenvalue weighted by atomic mass is 32.2. The van der Waals surface area contributed by atoms with Crippen LogP contribution in [-0.4, -0.2) is 68.6 Å². The van der Waals surface area contributed by atoms with Crippen LogP contribution >= 0.6 is 0 Å². The van der Waals surface area contributed by atoms with E-state index in [1.165, 1.54) is 38.9 Å². The first kappa shape index (κ1) is 20.8. The van der Waals surface area contributed by atoms with E-state index in [0.717, 1.165) is 23.8 Å². The fourth-order valence-corrected chi connectivity index (χ4v) is 5.00. The van der Waals surface area contributed by atoms with Crippen LogP contribution < -0.4 is 4.72 Å². The summed E-state index contributed by atoms with van der Waals surface area (Å²) in [5, 5.41) is 10.4. The first-order valence-electron chi connectivity index (χ1n) is 9.32. The highest BCUT2D eigenvalue weighted by Gasteiger charge is 2.33. The number of nitrogens with one attached hydrogen (secondary N) is 1. The third-order valence-electron chi connectivity index (χ3n) is 5.81. The van der Waals surface area contributed by atoms with Gasteiger partial charge < -0.3 is 10.0 Å². The third kappa shape index (κ3) is 5.26. The smallest absolute Gasteiger partial charge is 0.279 e. The summed E-state index contributed by atoms with van der Waals surface area (Å²) in [5.74, 6) is 0. The Labute approximate surface area is 153 Å². The predicted molar refractivity (Wildman–Crippen MR) is 102 cm³/mol. The average molecular weight is 374 g/mol. The van der Waals surface area contributed by atoms with Gasteiger partial charge in [0.2, 0.25) is 0 Å². The summed E-state index contributed by atoms with van der Waals surface area (Å²) in [7, 11) is -0.519. The van der Waals surface area contributed by atoms with Gasteiger partial charge in [0, 0.05) is 27.2 Å². The Morgan fingerprint density at radius 1 is 1.36 bits per heavy atom. The maximum absolute atomic E-state index is 11.9. The van der Waals surface area contributed by atoms with Gasteiger partial charge in [-0.05, 0) is 51.0 Å². The average Bonchev–Trinajstić information content (AvgIpc) is 2.48. The lowest BCUT2D eigenvalue weighted by Gasteiger charge is -2.39. The largest absolute Gasteiger partial charge is 0.390 e. The molecule has 0 spiro atoms. The van der Waals surface area contributed by atoms with E-state index >= 15 is 0 Å². The topological polar surface area (TPSA) is 72.9 Å². The van der Waals surface area contributed by atoms with Crippen molar-refractivity contribution in [2.75, 3.05) is 33.7 Å². The van der Waals surface area contributed by atoms with Gasteiger partial charge in [0.05, 0.1) is 12.1 Å². The Morgan fingerprint density at radius 3 is 2.60 bits per heavy atom. The van der Waals surface area contributed by atoms with E-state index in [9.17, 15) is 13.5 Å². The summed E-state index contributed by atoms with van der Waals surface area (Å²) in [4.78, 5) is 2.26. The van der Waals surface area contributed by atoms with Gasteiger partial charge in [-0.2, -0.15) is 17.4 Å². The van der Waals surface area contributed by atoms with Gasteiger partial charge in [-0.3, -0.25) is 0 Å². The Balaban J connectivity index is 1.89. The second-order valence-corrected chi connectivity index (χ2v) is 10.3. The molecule has 146 valence electrons. The normalized spacial score (nSPS) is 28.6. The molecule has 2 aliphatic rings. The molecule has 1 aliphatic heterocycles. The van der Waals surface area contributed by atoms with Crippen molar-refractivity contribution in [1.29, 1.82) is 0 Å². The molecule has 0 aromatic rings. The van der Waals surface area contributed by atoms with E-state index < -0.39 is 22.4 Å². The van der Waals surface area contributed by atoms with Crippen molar-refractivity contribution in [3.8, 4) is 0 Å². The van der Waals surface area contributed by atoms with Crippen LogP contribution in [-0.2, 0) is 10.2 Å². The Hall–Kier alpha value is -0.470. The second-order valence-electron chi connectivity index (χ2n) is 8.41. The molecule has 2 rings (SSSR count). The molecular formula is C18H35N3O3S. The minimum atomic E-state index is -3.50. The second kappa shape index (κ2) is 8.05. The molecule has 2 atom stereocenters. The molecule has 1 saturated heterocycles. The lowest BCUT2D eigenvalue weighted by Crippen LogP contribution is -2.55. The molecule has 7 heteroatoms. The van der Waals surface area contributed by atoms with Gasteiger partial charge in [0.25, 0.3) is 10.2 Å². The summed E-state index contributed by atoms with van der Waals surface area (Å²) in [5.41, 5.74) is 3.38. The van der Waals surface area contributed by atoms with E-state index in [1.807, 2.05) is 0 Å². The quantitative estimate of drug-likeness (QED) is 0.696. The molecule has 6 nitrogen and oxygen atoms in total. The maximum Gasteiger partial charge on any atom is 0.279 e. The lowest BCUT2D eigenvalue weighted by molar-refractivity contribution is 0.0476. The molecule has 25 heavy (non-hydrogen) atoms. The number of β-amino-alcohol motifs (C(OH)–C–C–N with tert-alkyl or cyclic N) is 1. The van der Waals surface area contributed by atoms with Gasteiger partial charge in [-0.25, -0.2) is 0 Å². The van der Waals surface area contributed by atoms with Crippen molar-refractivity contribution in [3.63, 3.8) is 0 Å². The summed E-state index contributed by atoms with van der Waals surface area (Å²) in [6, 6.07) is -0.407. The fourth-order valence-electron chi connectivity index (χ4n) is 4.13. The zero-order valence-electron chi connectivity index (χ0n) is 16.4. The van der Waals surface area contributed by atoms with Crippen LogP contribution in [0.1, 0.15) is 52.9 Å². The molecule has 0 bridgehead atoms. The highest BCUT2D eigenvalue weighted by molar-refractivity contribution is 7.87. The molecule has 0 radical (unpaired) electrons. The predicted octanol–water partition coefficient (Wildman–Crippen LogP) is 1.73. The molecule has 1 heterocycles. The lowest BCUT2D eigenvalue weighted by atomic mass is 9.71. The molecule has 0 saturated carbocycles. The van der Waals surface area contributed by atoms with Gasteiger partial charge >= 0.3 is 0 Å². The SMILES string of the molecule is CC1=C(CCN2CCC(NS(=O)(=O)N(C)C)C(O)C2)C(C)(C)CCC1. The van der Waals surface area contributed by atoms with Crippen LogP contribution in [0.15, 0.2) is 11.1 Å². The van der Waals surface area contributed by atoms with Crippen molar-refractivity contribution < 1.29 is 13.5 Å². The van der Waals surface area contributed by atoms with Gasteiger partial charge in [-0.15, -0.1) is 0 Å². The van der Waals surface area contributed by atoms with Crippen molar-refractivity contribution in [1.82, 2.24) is 13.9 Å². The van der Waals surface area contributed by atoms with E-state index in [4.69, 9.17) is 0 Å². The molecule has 2 N–H and O–H groups in total. The van der Waals surface area contributed by atoms with Crippen molar-refractivity contribution >= 4 is 10.2 Å². The number of allylic oxidation sites excluding steroid dienone is 1.